The van der Waals surface area contributed by atoms with Crippen molar-refractivity contribution in [1.29, 1.82) is 11.1 Å². The molecule has 0 aliphatic rings. The van der Waals surface area contributed by atoms with Crippen molar-refractivity contribution in [2.45, 2.75) is 0 Å². The van der Waals surface area contributed by atoms with Crippen LogP contribution in [0.4, 0.5) is 0 Å². The predicted octanol–water partition coefficient (Wildman–Crippen LogP) is -5.65. The van der Waals surface area contributed by atoms with E-state index < -0.39 is 0 Å². The summed E-state index contributed by atoms with van der Waals surface area (Å²) in [5, 5.41) is 0. The van der Waals surface area contributed by atoms with Gasteiger partial charge < -0.3 is 2.85 Å². The van der Waals surface area contributed by atoms with Crippen LogP contribution in [0.25, 0.3) is 0 Å². The van der Waals surface area contributed by atoms with Gasteiger partial charge in [0, 0.05) is 0 Å². The van der Waals surface area contributed by atoms with Crippen LogP contribution < -0.4 is 64.0 Å². The molecule has 0 aliphatic carbocycles. The van der Waals surface area contributed by atoms with Crippen molar-refractivity contribution < 1.29 is 62.0 Å². The second kappa shape index (κ2) is 18.5. The molecule has 3 nitrogen and oxygen atoms in total. The van der Waals surface area contributed by atoms with Crippen molar-refractivity contribution >= 4 is 0 Å². The zero-order valence-electron chi connectivity index (χ0n) is 5.45. The first-order valence-corrected chi connectivity index (χ1v) is 0.447. The summed E-state index contributed by atoms with van der Waals surface area (Å²) in [7, 11) is 0. The van der Waals surface area contributed by atoms with Crippen LogP contribution in [-0.4, -0.2) is 0 Å². The molecule has 0 heterocycles. The third-order valence-corrected chi connectivity index (χ3v) is 0. The van der Waals surface area contributed by atoms with Gasteiger partial charge in [-0.05, 0) is 0 Å². The van der Waals surface area contributed by atoms with E-state index in [1.807, 2.05) is 4.91 Å². The van der Waals surface area contributed by atoms with Crippen LogP contribution in [0.15, 0.2) is 0 Å². The third kappa shape index (κ3) is 33.9. The minimum absolute atomic E-state index is 0. The molecule has 2 N–H and O–H groups in total. The Morgan fingerprint density at radius 2 is 1.20 bits per heavy atom. The summed E-state index contributed by atoms with van der Waals surface area (Å²) in [5.74, 6) is 0. The maximum atomic E-state index is 5.50. The molecule has 0 saturated heterocycles. The van der Waals surface area contributed by atoms with Gasteiger partial charge in [0.2, 0.25) is 4.91 Å². The van der Waals surface area contributed by atoms with Crippen molar-refractivity contribution in [3.63, 3.8) is 0 Å². The van der Waals surface area contributed by atoms with Crippen LogP contribution in [0, 0.1) is 11.1 Å². The number of nitrogens with zero attached hydrogens (tertiary/aromatic N) is 1. The average molecular weight is 92.0 g/mol. The fraction of sp³-hybridized carbons (Fsp3) is 0. The molecule has 5 heteroatoms. The van der Waals surface area contributed by atoms with Gasteiger partial charge in [-0.2, -0.15) is 0 Å². The Hall–Kier alpha value is 1.31. The van der Waals surface area contributed by atoms with Gasteiger partial charge in [-0.25, -0.2) is 0 Å². The molecule has 0 fully saturated rings. The molecule has 0 aromatic heterocycles. The SMILES string of the molecule is N=[N+]=N.[H-].[H-].[Na+].[Na+]. The van der Waals surface area contributed by atoms with Gasteiger partial charge in [0.05, 0.1) is 0 Å². The van der Waals surface area contributed by atoms with E-state index >= 15 is 0 Å². The fourth-order valence-electron chi connectivity index (χ4n) is 0. The normalized spacial score (nSPS) is 1.60. The molecule has 5 heavy (non-hydrogen) atoms. The van der Waals surface area contributed by atoms with Crippen LogP contribution in [0.3, 0.4) is 0 Å². The topological polar surface area (TPSA) is 61.8 Å². The van der Waals surface area contributed by atoms with Crippen LogP contribution in [0.1, 0.15) is 2.85 Å². The minimum Gasteiger partial charge on any atom is -1.00 e. The first-order valence-electron chi connectivity index (χ1n) is 0.447. The van der Waals surface area contributed by atoms with Crippen LogP contribution in [0.2, 0.25) is 0 Å². The Morgan fingerprint density at radius 3 is 1.20 bits per heavy atom. The van der Waals surface area contributed by atoms with Gasteiger partial charge in [-0.3, -0.25) is 0 Å². The first kappa shape index (κ1) is 16.2. The summed E-state index contributed by atoms with van der Waals surface area (Å²) in [4.78, 5) is 2.00. The summed E-state index contributed by atoms with van der Waals surface area (Å²) >= 11 is 0. The molecule has 0 unspecified atom stereocenters. The van der Waals surface area contributed by atoms with Crippen molar-refractivity contribution in [3.05, 3.63) is 0 Å². The minimum atomic E-state index is 0. The Kier molecular flexibility index (Phi) is 60.0. The van der Waals surface area contributed by atoms with Crippen LogP contribution >= 0.6 is 0 Å². The Balaban J connectivity index is -0.00000000333. The van der Waals surface area contributed by atoms with E-state index in [2.05, 4.69) is 0 Å². The standard InChI is InChI=1S/H2N3.2Na.2H/c1-3-2;;;;/h1-2H;;;;/q3*+1;2*-1. The summed E-state index contributed by atoms with van der Waals surface area (Å²) < 4.78 is 0. The fourth-order valence-corrected chi connectivity index (χ4v) is 0. The smallest absolute Gasteiger partial charge is 1.00 e. The van der Waals surface area contributed by atoms with Gasteiger partial charge in [-0.1, -0.05) is 0 Å². The van der Waals surface area contributed by atoms with E-state index in [0.717, 1.165) is 0 Å². The molecule has 0 saturated carbocycles. The number of hydrogen-bond acceptors (Lipinski definition) is 2. The van der Waals surface area contributed by atoms with E-state index in [0.29, 0.717) is 0 Å². The van der Waals surface area contributed by atoms with Gasteiger partial charge in [0.25, 0.3) is 0 Å². The summed E-state index contributed by atoms with van der Waals surface area (Å²) in [6, 6.07) is 0. The molecule has 0 aromatic carbocycles. The molecular formula is H4N3Na2+. The summed E-state index contributed by atoms with van der Waals surface area (Å²) in [5.41, 5.74) is 11.0. The molecule has 0 radical (unpaired) electrons. The maximum absolute atomic E-state index is 5.50. The second-order valence-electron chi connectivity index (χ2n) is 0.112. The van der Waals surface area contributed by atoms with E-state index in [-0.39, 0.29) is 62.0 Å². The molecular weight excluding hydrogens is 88.0 g/mol. The van der Waals surface area contributed by atoms with E-state index in [9.17, 15) is 0 Å². The van der Waals surface area contributed by atoms with Crippen molar-refractivity contribution in [2.24, 2.45) is 0 Å². The zero-order valence-corrected chi connectivity index (χ0v) is 7.45. The van der Waals surface area contributed by atoms with Crippen LogP contribution in [0.5, 0.6) is 0 Å². The van der Waals surface area contributed by atoms with Crippen molar-refractivity contribution in [3.8, 4) is 0 Å². The maximum Gasteiger partial charge on any atom is 1.00 e. The average Bonchev–Trinajstić information content (AvgIpc) is 0.918. The van der Waals surface area contributed by atoms with Gasteiger partial charge in [0.15, 0.2) is 0 Å². The molecule has 0 aliphatic heterocycles. The van der Waals surface area contributed by atoms with E-state index in [1.54, 1.807) is 0 Å². The first-order chi connectivity index (χ1) is 1.41. The monoisotopic (exact) mass is 92.0 g/mol. The zero-order chi connectivity index (χ0) is 2.71. The Bertz CT molecular complexity index is 31.9. The molecule has 0 atom stereocenters. The number of nitrogens with one attached hydrogen (secondary N) is 2. The molecule has 0 rings (SSSR count). The van der Waals surface area contributed by atoms with E-state index in [1.165, 1.54) is 0 Å². The van der Waals surface area contributed by atoms with Gasteiger partial charge in [0.1, 0.15) is 11.1 Å². The molecule has 0 spiro atoms. The van der Waals surface area contributed by atoms with E-state index in [4.69, 9.17) is 11.1 Å². The van der Waals surface area contributed by atoms with Crippen molar-refractivity contribution in [2.75, 3.05) is 0 Å². The molecule has 20 valence electrons. The second-order valence-corrected chi connectivity index (χ2v) is 0.112. The molecule has 0 aromatic rings. The quantitative estimate of drug-likeness (QED) is 0.170. The largest absolute Gasteiger partial charge is 1.00 e. The predicted molar refractivity (Wildman–Crippen MR) is 9.80 cm³/mol. The van der Waals surface area contributed by atoms with Gasteiger partial charge >= 0.3 is 59.1 Å². The van der Waals surface area contributed by atoms with Crippen molar-refractivity contribution in [1.82, 2.24) is 4.91 Å². The summed E-state index contributed by atoms with van der Waals surface area (Å²) in [6.45, 7) is 0. The van der Waals surface area contributed by atoms with Gasteiger partial charge in [-0.15, -0.1) is 0 Å². The number of rotatable bonds is 0. The Morgan fingerprint density at radius 1 is 1.20 bits per heavy atom. The molecule has 0 bridgehead atoms. The summed E-state index contributed by atoms with van der Waals surface area (Å²) in [6.07, 6.45) is 0. The van der Waals surface area contributed by atoms with Crippen LogP contribution in [-0.2, 0) is 0 Å². The Labute approximate surface area is 77.1 Å². The number of hydrogen-bond donors (Lipinski definition) is 2. The third-order valence-electron chi connectivity index (χ3n) is 0. The molecule has 0 amide bonds.